The molecule has 5 nitrogen and oxygen atoms in total. The van der Waals surface area contributed by atoms with Crippen LogP contribution in [0.15, 0.2) is 12.4 Å². The van der Waals surface area contributed by atoms with E-state index in [0.29, 0.717) is 13.2 Å². The molecule has 0 saturated carbocycles. The van der Waals surface area contributed by atoms with Crippen molar-refractivity contribution in [2.24, 2.45) is 0 Å². The van der Waals surface area contributed by atoms with Crippen LogP contribution in [0.3, 0.4) is 0 Å². The molecular formula is C14H25N3O2. The first-order valence-corrected chi connectivity index (χ1v) is 7.01. The van der Waals surface area contributed by atoms with Crippen LogP contribution in [0.1, 0.15) is 39.9 Å². The molecule has 0 saturated heterocycles. The molecule has 0 fully saturated rings. The van der Waals surface area contributed by atoms with Crippen LogP contribution in [0.5, 0.6) is 0 Å². The minimum atomic E-state index is -0.329. The Hall–Kier alpha value is -1.36. The lowest BCUT2D eigenvalue weighted by molar-refractivity contribution is -0.146. The number of aryl methyl sites for hydroxylation is 1. The maximum atomic E-state index is 12.0. The van der Waals surface area contributed by atoms with Crippen molar-refractivity contribution in [2.45, 2.75) is 59.2 Å². The van der Waals surface area contributed by atoms with Crippen LogP contribution in [-0.4, -0.2) is 34.2 Å². The second-order valence-corrected chi connectivity index (χ2v) is 4.87. The SMILES string of the molecule is CCCc1nccn1CC(NC(C)C)C(=O)OCC. The Labute approximate surface area is 115 Å². The van der Waals surface area contributed by atoms with Crippen molar-refractivity contribution in [1.29, 1.82) is 0 Å². The van der Waals surface area contributed by atoms with Crippen LogP contribution in [0.4, 0.5) is 0 Å². The Kier molecular flexibility index (Phi) is 6.56. The Morgan fingerprint density at radius 2 is 2.21 bits per heavy atom. The number of ether oxygens (including phenoxy) is 1. The number of rotatable bonds is 8. The van der Waals surface area contributed by atoms with Crippen molar-refractivity contribution in [3.8, 4) is 0 Å². The largest absolute Gasteiger partial charge is 0.465 e. The molecule has 1 heterocycles. The molecule has 1 unspecified atom stereocenters. The van der Waals surface area contributed by atoms with E-state index in [0.717, 1.165) is 18.7 Å². The van der Waals surface area contributed by atoms with E-state index >= 15 is 0 Å². The van der Waals surface area contributed by atoms with E-state index in [4.69, 9.17) is 4.74 Å². The van der Waals surface area contributed by atoms with Gasteiger partial charge >= 0.3 is 5.97 Å². The summed E-state index contributed by atoms with van der Waals surface area (Å²) in [4.78, 5) is 16.3. The summed E-state index contributed by atoms with van der Waals surface area (Å²) in [6.07, 6.45) is 5.66. The maximum absolute atomic E-state index is 12.0. The van der Waals surface area contributed by atoms with Gasteiger partial charge < -0.3 is 14.6 Å². The Balaban J connectivity index is 2.75. The van der Waals surface area contributed by atoms with E-state index < -0.39 is 0 Å². The molecule has 0 amide bonds. The summed E-state index contributed by atoms with van der Waals surface area (Å²) in [5, 5.41) is 3.25. The van der Waals surface area contributed by atoms with Crippen molar-refractivity contribution >= 4 is 5.97 Å². The normalized spacial score (nSPS) is 12.7. The summed E-state index contributed by atoms with van der Waals surface area (Å²) in [6.45, 7) is 8.95. The average Bonchev–Trinajstić information content (AvgIpc) is 2.76. The number of aromatic nitrogens is 2. The van der Waals surface area contributed by atoms with Gasteiger partial charge in [-0.05, 0) is 13.3 Å². The summed E-state index contributed by atoms with van der Waals surface area (Å²) < 4.78 is 7.15. The predicted octanol–water partition coefficient (Wildman–Crippen LogP) is 1.77. The monoisotopic (exact) mass is 267 g/mol. The first kappa shape index (κ1) is 15.7. The van der Waals surface area contributed by atoms with Gasteiger partial charge in [0.25, 0.3) is 0 Å². The maximum Gasteiger partial charge on any atom is 0.324 e. The van der Waals surface area contributed by atoms with Crippen LogP contribution < -0.4 is 5.32 Å². The zero-order valence-corrected chi connectivity index (χ0v) is 12.3. The quantitative estimate of drug-likeness (QED) is 0.729. The minimum absolute atomic E-state index is 0.202. The van der Waals surface area contributed by atoms with E-state index in [-0.39, 0.29) is 18.1 Å². The number of hydrogen-bond acceptors (Lipinski definition) is 4. The highest BCUT2D eigenvalue weighted by Gasteiger charge is 2.21. The molecule has 0 aliphatic rings. The van der Waals surface area contributed by atoms with E-state index in [9.17, 15) is 4.79 Å². The Morgan fingerprint density at radius 3 is 2.79 bits per heavy atom. The molecule has 0 aromatic carbocycles. The predicted molar refractivity (Wildman–Crippen MR) is 74.9 cm³/mol. The van der Waals surface area contributed by atoms with Gasteiger partial charge in [-0.15, -0.1) is 0 Å². The summed E-state index contributed by atoms with van der Waals surface area (Å²) >= 11 is 0. The second kappa shape index (κ2) is 7.94. The molecule has 19 heavy (non-hydrogen) atoms. The van der Waals surface area contributed by atoms with Crippen molar-refractivity contribution in [3.05, 3.63) is 18.2 Å². The number of esters is 1. The summed E-state index contributed by atoms with van der Waals surface area (Å²) in [6, 6.07) is -0.0997. The summed E-state index contributed by atoms with van der Waals surface area (Å²) in [5.74, 6) is 0.815. The number of nitrogens with zero attached hydrogens (tertiary/aromatic N) is 2. The van der Waals surface area contributed by atoms with Gasteiger partial charge in [0.05, 0.1) is 6.61 Å². The lowest BCUT2D eigenvalue weighted by Gasteiger charge is -2.21. The third-order valence-electron chi connectivity index (χ3n) is 2.76. The van der Waals surface area contributed by atoms with Crippen LogP contribution in [0.2, 0.25) is 0 Å². The molecular weight excluding hydrogens is 242 g/mol. The topological polar surface area (TPSA) is 56.2 Å². The van der Waals surface area contributed by atoms with Gasteiger partial charge in [-0.1, -0.05) is 20.8 Å². The fraction of sp³-hybridized carbons (Fsp3) is 0.714. The number of hydrogen-bond donors (Lipinski definition) is 1. The second-order valence-electron chi connectivity index (χ2n) is 4.87. The highest BCUT2D eigenvalue weighted by molar-refractivity contribution is 5.75. The highest BCUT2D eigenvalue weighted by atomic mass is 16.5. The van der Waals surface area contributed by atoms with Crippen molar-refractivity contribution in [1.82, 2.24) is 14.9 Å². The molecule has 1 aromatic heterocycles. The molecule has 0 radical (unpaired) electrons. The van der Waals surface area contributed by atoms with Crippen LogP contribution in [0.25, 0.3) is 0 Å². The van der Waals surface area contributed by atoms with E-state index in [1.807, 2.05) is 31.5 Å². The van der Waals surface area contributed by atoms with Crippen LogP contribution >= 0.6 is 0 Å². The van der Waals surface area contributed by atoms with Gasteiger partial charge in [-0.3, -0.25) is 4.79 Å². The number of imidazole rings is 1. The van der Waals surface area contributed by atoms with Crippen molar-refractivity contribution < 1.29 is 9.53 Å². The summed E-state index contributed by atoms with van der Waals surface area (Å²) in [7, 11) is 0. The molecule has 0 aliphatic carbocycles. The van der Waals surface area contributed by atoms with E-state index in [1.54, 1.807) is 6.20 Å². The molecule has 1 atom stereocenters. The van der Waals surface area contributed by atoms with Gasteiger partial charge in [-0.2, -0.15) is 0 Å². The molecule has 0 spiro atoms. The van der Waals surface area contributed by atoms with Gasteiger partial charge in [0, 0.05) is 31.4 Å². The van der Waals surface area contributed by atoms with E-state index in [2.05, 4.69) is 17.2 Å². The molecule has 108 valence electrons. The number of nitrogens with one attached hydrogen (secondary N) is 1. The molecule has 5 heteroatoms. The molecule has 0 aliphatic heterocycles. The Bertz CT molecular complexity index is 388. The summed E-state index contributed by atoms with van der Waals surface area (Å²) in [5.41, 5.74) is 0. The van der Waals surface area contributed by atoms with Gasteiger partial charge in [-0.25, -0.2) is 4.98 Å². The third-order valence-corrected chi connectivity index (χ3v) is 2.76. The fourth-order valence-electron chi connectivity index (χ4n) is 2.00. The van der Waals surface area contributed by atoms with Crippen molar-refractivity contribution in [2.75, 3.05) is 6.61 Å². The van der Waals surface area contributed by atoms with Crippen LogP contribution in [-0.2, 0) is 22.5 Å². The average molecular weight is 267 g/mol. The van der Waals surface area contributed by atoms with Gasteiger partial charge in [0.15, 0.2) is 0 Å². The lowest BCUT2D eigenvalue weighted by atomic mass is 10.2. The smallest absolute Gasteiger partial charge is 0.324 e. The zero-order chi connectivity index (χ0) is 14.3. The first-order valence-electron chi connectivity index (χ1n) is 7.01. The zero-order valence-electron chi connectivity index (χ0n) is 12.3. The Morgan fingerprint density at radius 1 is 1.47 bits per heavy atom. The standard InChI is InChI=1S/C14H25N3O2/c1-5-7-13-15-8-9-17(13)10-12(16-11(3)4)14(18)19-6-2/h8-9,11-12,16H,5-7,10H2,1-4H3. The minimum Gasteiger partial charge on any atom is -0.465 e. The number of carbonyl (C=O) groups excluding carboxylic acids is 1. The lowest BCUT2D eigenvalue weighted by Crippen LogP contribution is -2.44. The van der Waals surface area contributed by atoms with Gasteiger partial charge in [0.2, 0.25) is 0 Å². The first-order chi connectivity index (χ1) is 9.08. The molecule has 1 N–H and O–H groups in total. The van der Waals surface area contributed by atoms with E-state index in [1.165, 1.54) is 0 Å². The molecule has 1 rings (SSSR count). The number of carbonyl (C=O) groups is 1. The fourth-order valence-corrected chi connectivity index (χ4v) is 2.00. The van der Waals surface area contributed by atoms with Crippen LogP contribution in [0, 0.1) is 0 Å². The highest BCUT2D eigenvalue weighted by Crippen LogP contribution is 2.05. The molecule has 0 bridgehead atoms. The third kappa shape index (κ3) is 5.03. The van der Waals surface area contributed by atoms with Crippen molar-refractivity contribution in [3.63, 3.8) is 0 Å². The molecule has 1 aromatic rings. The van der Waals surface area contributed by atoms with Gasteiger partial charge in [0.1, 0.15) is 11.9 Å².